The van der Waals surface area contributed by atoms with Gasteiger partial charge in [-0.1, -0.05) is 24.3 Å². The third-order valence-corrected chi connectivity index (χ3v) is 2.61. The molecule has 2 nitrogen and oxygen atoms in total. The van der Waals surface area contributed by atoms with Gasteiger partial charge in [-0.05, 0) is 42.3 Å². The van der Waals surface area contributed by atoms with Gasteiger partial charge < -0.3 is 4.74 Å². The van der Waals surface area contributed by atoms with E-state index in [0.29, 0.717) is 0 Å². The Hall–Kier alpha value is -2.09. The Labute approximate surface area is 102 Å². The highest BCUT2D eigenvalue weighted by atomic mass is 16.5. The predicted molar refractivity (Wildman–Crippen MR) is 71.4 cm³/mol. The summed E-state index contributed by atoms with van der Waals surface area (Å²) >= 11 is 0. The smallest absolute Gasteiger partial charge is 0.119 e. The zero-order chi connectivity index (χ0) is 12.1. The molecule has 0 radical (unpaired) electrons. The highest BCUT2D eigenvalue weighted by molar-refractivity contribution is 5.83. The molecule has 0 aliphatic heterocycles. The molecule has 2 aromatic carbocycles. The normalized spacial score (nSPS) is 10.7. The Morgan fingerprint density at radius 1 is 1.00 bits per heavy atom. The average molecular weight is 225 g/mol. The Kier molecular flexibility index (Phi) is 3.55. The number of methoxy groups -OCH3 is 1. The summed E-state index contributed by atoms with van der Waals surface area (Å²) in [5, 5.41) is 0. The van der Waals surface area contributed by atoms with Crippen LogP contribution in [0.15, 0.2) is 53.5 Å². The van der Waals surface area contributed by atoms with Crippen molar-refractivity contribution < 1.29 is 4.74 Å². The van der Waals surface area contributed by atoms with Gasteiger partial charge in [0.2, 0.25) is 0 Å². The van der Waals surface area contributed by atoms with E-state index in [2.05, 4.69) is 24.0 Å². The molecule has 0 aromatic heterocycles. The molecule has 0 spiro atoms. The molecule has 0 bridgehead atoms. The Bertz CT molecular complexity index is 515. The van der Waals surface area contributed by atoms with Crippen LogP contribution < -0.4 is 4.74 Å². The zero-order valence-corrected chi connectivity index (χ0v) is 10.1. The summed E-state index contributed by atoms with van der Waals surface area (Å²) in [4.78, 5) is 4.43. The lowest BCUT2D eigenvalue weighted by molar-refractivity contribution is 0.415. The van der Waals surface area contributed by atoms with Crippen LogP contribution in [0.4, 0.5) is 5.69 Å². The lowest BCUT2D eigenvalue weighted by Crippen LogP contribution is -1.85. The number of nitrogens with zero attached hydrogens (tertiary/aromatic N) is 1. The van der Waals surface area contributed by atoms with Gasteiger partial charge in [0.05, 0.1) is 12.8 Å². The van der Waals surface area contributed by atoms with Gasteiger partial charge in [-0.3, -0.25) is 4.99 Å². The lowest BCUT2D eigenvalue weighted by Gasteiger charge is -2.00. The molecule has 17 heavy (non-hydrogen) atoms. The van der Waals surface area contributed by atoms with Gasteiger partial charge in [0.25, 0.3) is 0 Å². The molecule has 0 amide bonds. The minimum absolute atomic E-state index is 0.847. The molecule has 0 unspecified atom stereocenters. The molecule has 0 N–H and O–H groups in total. The Morgan fingerprint density at radius 3 is 2.35 bits per heavy atom. The molecule has 2 rings (SSSR count). The molecule has 0 heterocycles. The maximum absolute atomic E-state index is 5.10. The van der Waals surface area contributed by atoms with Crippen LogP contribution in [0.25, 0.3) is 0 Å². The second-order valence-corrected chi connectivity index (χ2v) is 3.81. The summed E-state index contributed by atoms with van der Waals surface area (Å²) in [5.74, 6) is 0.847. The van der Waals surface area contributed by atoms with Crippen molar-refractivity contribution in [2.45, 2.75) is 6.92 Å². The number of aliphatic imine (C=N–C) groups is 1. The number of hydrogen-bond donors (Lipinski definition) is 0. The van der Waals surface area contributed by atoms with E-state index in [9.17, 15) is 0 Å². The summed E-state index contributed by atoms with van der Waals surface area (Å²) in [6, 6.07) is 15.9. The first-order valence-corrected chi connectivity index (χ1v) is 5.53. The van der Waals surface area contributed by atoms with Crippen LogP contribution >= 0.6 is 0 Å². The Morgan fingerprint density at radius 2 is 1.71 bits per heavy atom. The quantitative estimate of drug-likeness (QED) is 0.729. The maximum atomic E-state index is 5.10. The maximum Gasteiger partial charge on any atom is 0.119 e. The standard InChI is InChI=1S/C15H15NO/c1-12-5-3-4-6-13(12)11-16-14-7-9-15(17-2)10-8-14/h3-11H,1-2H3. The second kappa shape index (κ2) is 5.30. The number of benzene rings is 2. The first-order chi connectivity index (χ1) is 8.29. The summed E-state index contributed by atoms with van der Waals surface area (Å²) in [6.07, 6.45) is 1.89. The SMILES string of the molecule is COc1ccc(N=Cc2ccccc2C)cc1. The number of ether oxygens (including phenoxy) is 1. The van der Waals surface area contributed by atoms with Gasteiger partial charge in [0, 0.05) is 6.21 Å². The fraction of sp³-hybridized carbons (Fsp3) is 0.133. The van der Waals surface area contributed by atoms with Crippen molar-refractivity contribution in [3.05, 3.63) is 59.7 Å². The van der Waals surface area contributed by atoms with Crippen LogP contribution in [0.5, 0.6) is 5.75 Å². The van der Waals surface area contributed by atoms with Gasteiger partial charge in [0.1, 0.15) is 5.75 Å². The highest BCUT2D eigenvalue weighted by Crippen LogP contribution is 2.17. The summed E-state index contributed by atoms with van der Waals surface area (Å²) in [7, 11) is 1.66. The van der Waals surface area contributed by atoms with E-state index in [1.807, 2.05) is 42.6 Å². The van der Waals surface area contributed by atoms with Crippen LogP contribution in [0, 0.1) is 6.92 Å². The molecule has 2 aromatic rings. The van der Waals surface area contributed by atoms with Crippen molar-refractivity contribution in [3.63, 3.8) is 0 Å². The van der Waals surface area contributed by atoms with E-state index in [4.69, 9.17) is 4.74 Å². The van der Waals surface area contributed by atoms with Crippen molar-refractivity contribution in [2.75, 3.05) is 7.11 Å². The van der Waals surface area contributed by atoms with E-state index in [-0.39, 0.29) is 0 Å². The highest BCUT2D eigenvalue weighted by Gasteiger charge is 1.93. The summed E-state index contributed by atoms with van der Waals surface area (Å²) < 4.78 is 5.10. The topological polar surface area (TPSA) is 21.6 Å². The largest absolute Gasteiger partial charge is 0.497 e. The van der Waals surface area contributed by atoms with Gasteiger partial charge >= 0.3 is 0 Å². The summed E-state index contributed by atoms with van der Waals surface area (Å²) in [6.45, 7) is 2.08. The van der Waals surface area contributed by atoms with E-state index in [0.717, 1.165) is 17.0 Å². The lowest BCUT2D eigenvalue weighted by atomic mass is 10.1. The number of hydrogen-bond acceptors (Lipinski definition) is 2. The van der Waals surface area contributed by atoms with Crippen molar-refractivity contribution in [1.29, 1.82) is 0 Å². The fourth-order valence-corrected chi connectivity index (χ4v) is 1.54. The first kappa shape index (κ1) is 11.4. The Balaban J connectivity index is 2.17. The second-order valence-electron chi connectivity index (χ2n) is 3.81. The monoisotopic (exact) mass is 225 g/mol. The molecule has 0 aliphatic carbocycles. The predicted octanol–water partition coefficient (Wildman–Crippen LogP) is 3.75. The van der Waals surface area contributed by atoms with Crippen LogP contribution in [0.2, 0.25) is 0 Å². The van der Waals surface area contributed by atoms with Gasteiger partial charge in [-0.25, -0.2) is 0 Å². The molecule has 0 aliphatic rings. The third-order valence-electron chi connectivity index (χ3n) is 2.61. The molecular weight excluding hydrogens is 210 g/mol. The van der Waals surface area contributed by atoms with Crippen molar-refractivity contribution in [1.82, 2.24) is 0 Å². The molecule has 86 valence electrons. The molecule has 0 saturated heterocycles. The fourth-order valence-electron chi connectivity index (χ4n) is 1.54. The third kappa shape index (κ3) is 2.94. The molecule has 0 fully saturated rings. The van der Waals surface area contributed by atoms with Crippen LogP contribution in [-0.4, -0.2) is 13.3 Å². The van der Waals surface area contributed by atoms with Gasteiger partial charge in [0.15, 0.2) is 0 Å². The van der Waals surface area contributed by atoms with Crippen LogP contribution in [0.3, 0.4) is 0 Å². The van der Waals surface area contributed by atoms with Crippen molar-refractivity contribution >= 4 is 11.9 Å². The van der Waals surface area contributed by atoms with Gasteiger partial charge in [-0.2, -0.15) is 0 Å². The molecule has 2 heteroatoms. The van der Waals surface area contributed by atoms with Crippen molar-refractivity contribution in [2.24, 2.45) is 4.99 Å². The van der Waals surface area contributed by atoms with Crippen molar-refractivity contribution in [3.8, 4) is 5.75 Å². The minimum atomic E-state index is 0.847. The van der Waals surface area contributed by atoms with Crippen LogP contribution in [0.1, 0.15) is 11.1 Å². The van der Waals surface area contributed by atoms with E-state index >= 15 is 0 Å². The average Bonchev–Trinajstić information content (AvgIpc) is 2.38. The van der Waals surface area contributed by atoms with E-state index in [1.54, 1.807) is 7.11 Å². The zero-order valence-electron chi connectivity index (χ0n) is 10.1. The molecular formula is C15H15NO. The summed E-state index contributed by atoms with van der Waals surface area (Å²) in [5.41, 5.74) is 3.29. The first-order valence-electron chi connectivity index (χ1n) is 5.53. The molecule has 0 atom stereocenters. The van der Waals surface area contributed by atoms with Crippen LogP contribution in [-0.2, 0) is 0 Å². The van der Waals surface area contributed by atoms with E-state index < -0.39 is 0 Å². The minimum Gasteiger partial charge on any atom is -0.497 e. The molecule has 0 saturated carbocycles. The number of rotatable bonds is 3. The van der Waals surface area contributed by atoms with E-state index in [1.165, 1.54) is 5.56 Å². The van der Waals surface area contributed by atoms with Gasteiger partial charge in [-0.15, -0.1) is 0 Å². The number of aryl methyl sites for hydroxylation is 1.